The summed E-state index contributed by atoms with van der Waals surface area (Å²) in [7, 11) is 2.20. The first kappa shape index (κ1) is 17.0. The van der Waals surface area contributed by atoms with Crippen molar-refractivity contribution in [2.24, 2.45) is 5.73 Å². The molecule has 0 spiro atoms. The van der Waals surface area contributed by atoms with Crippen molar-refractivity contribution < 1.29 is 4.79 Å². The maximum Gasteiger partial charge on any atom is 0.224 e. The van der Waals surface area contributed by atoms with Crippen LogP contribution in [-0.2, 0) is 11.3 Å². The normalized spacial score (nSPS) is 16.0. The van der Waals surface area contributed by atoms with E-state index in [2.05, 4.69) is 23.3 Å². The Morgan fingerprint density at radius 1 is 1.27 bits per heavy atom. The second kappa shape index (κ2) is 8.91. The molecule has 2 rings (SSSR count). The highest BCUT2D eigenvalue weighted by atomic mass is 16.1. The Morgan fingerprint density at radius 2 is 2.00 bits per heavy atom. The van der Waals surface area contributed by atoms with Gasteiger partial charge < -0.3 is 11.1 Å². The molecule has 3 N–H and O–H groups in total. The number of anilines is 1. The van der Waals surface area contributed by atoms with E-state index in [1.54, 1.807) is 0 Å². The molecule has 0 unspecified atom stereocenters. The Hall–Kier alpha value is -1.39. The van der Waals surface area contributed by atoms with Crippen LogP contribution in [0.15, 0.2) is 24.3 Å². The second-order valence-electron chi connectivity index (χ2n) is 6.30. The Kier molecular flexibility index (Phi) is 6.87. The van der Waals surface area contributed by atoms with Gasteiger partial charge in [0, 0.05) is 24.7 Å². The van der Waals surface area contributed by atoms with Crippen molar-refractivity contribution in [1.29, 1.82) is 0 Å². The third-order valence-electron chi connectivity index (χ3n) is 4.52. The van der Waals surface area contributed by atoms with Gasteiger partial charge in [-0.15, -0.1) is 0 Å². The Morgan fingerprint density at radius 3 is 2.73 bits per heavy atom. The molecule has 122 valence electrons. The molecule has 1 amide bonds. The van der Waals surface area contributed by atoms with Crippen LogP contribution in [0.4, 0.5) is 5.69 Å². The molecule has 1 aromatic rings. The van der Waals surface area contributed by atoms with Crippen LogP contribution >= 0.6 is 0 Å². The molecule has 0 heterocycles. The lowest BCUT2D eigenvalue weighted by Gasteiger charge is -2.31. The van der Waals surface area contributed by atoms with E-state index >= 15 is 0 Å². The third kappa shape index (κ3) is 5.11. The fourth-order valence-corrected chi connectivity index (χ4v) is 3.18. The predicted octanol–water partition coefficient (Wildman–Crippen LogP) is 3.13. The lowest BCUT2D eigenvalue weighted by molar-refractivity contribution is -0.116. The van der Waals surface area contributed by atoms with Crippen molar-refractivity contribution in [2.75, 3.05) is 18.9 Å². The van der Waals surface area contributed by atoms with Crippen molar-refractivity contribution in [2.45, 2.75) is 57.5 Å². The molecule has 0 saturated heterocycles. The first-order valence-corrected chi connectivity index (χ1v) is 8.48. The van der Waals surface area contributed by atoms with Crippen molar-refractivity contribution in [3.8, 4) is 0 Å². The molecule has 22 heavy (non-hydrogen) atoms. The van der Waals surface area contributed by atoms with E-state index in [9.17, 15) is 4.79 Å². The van der Waals surface area contributed by atoms with Gasteiger partial charge in [0.1, 0.15) is 0 Å². The van der Waals surface area contributed by atoms with Gasteiger partial charge in [-0.2, -0.15) is 0 Å². The van der Waals surface area contributed by atoms with Gasteiger partial charge in [0.25, 0.3) is 0 Å². The highest BCUT2D eigenvalue weighted by Crippen LogP contribution is 2.24. The highest BCUT2D eigenvalue weighted by Gasteiger charge is 2.19. The number of para-hydroxylation sites is 1. The van der Waals surface area contributed by atoms with Gasteiger partial charge in [-0.25, -0.2) is 0 Å². The molecule has 1 saturated carbocycles. The number of nitrogens with one attached hydrogen (secondary N) is 1. The number of nitrogens with two attached hydrogens (primary N) is 1. The van der Waals surface area contributed by atoms with E-state index in [1.807, 2.05) is 18.2 Å². The standard InChI is InChI=1S/C18H29N3O/c1-21(16-9-3-2-4-10-16)14-15-8-5-6-11-17(15)20-18(22)12-7-13-19/h5-6,8,11,16H,2-4,7,9-10,12-14,19H2,1H3,(H,20,22). The van der Waals surface area contributed by atoms with Gasteiger partial charge in [-0.05, 0) is 44.5 Å². The lowest BCUT2D eigenvalue weighted by atomic mass is 9.94. The molecule has 0 atom stereocenters. The Balaban J connectivity index is 1.96. The van der Waals surface area contributed by atoms with Gasteiger partial charge in [0.15, 0.2) is 0 Å². The van der Waals surface area contributed by atoms with Crippen LogP contribution in [-0.4, -0.2) is 30.4 Å². The summed E-state index contributed by atoms with van der Waals surface area (Å²) in [6.07, 6.45) is 7.86. The largest absolute Gasteiger partial charge is 0.330 e. The Labute approximate surface area is 134 Å². The van der Waals surface area contributed by atoms with Crippen molar-refractivity contribution >= 4 is 11.6 Å². The van der Waals surface area contributed by atoms with E-state index in [4.69, 9.17) is 5.73 Å². The molecule has 4 heteroatoms. The van der Waals surface area contributed by atoms with Crippen molar-refractivity contribution in [3.63, 3.8) is 0 Å². The number of hydrogen-bond acceptors (Lipinski definition) is 3. The van der Waals surface area contributed by atoms with E-state index in [0.29, 0.717) is 19.0 Å². The minimum Gasteiger partial charge on any atom is -0.330 e. The molecule has 1 aliphatic carbocycles. The van der Waals surface area contributed by atoms with Crippen LogP contribution in [0.25, 0.3) is 0 Å². The smallest absolute Gasteiger partial charge is 0.224 e. The summed E-state index contributed by atoms with van der Waals surface area (Å²) in [6.45, 7) is 1.44. The Bertz CT molecular complexity index is 469. The summed E-state index contributed by atoms with van der Waals surface area (Å²) in [5, 5.41) is 3.03. The van der Waals surface area contributed by atoms with Gasteiger partial charge in [-0.3, -0.25) is 9.69 Å². The summed E-state index contributed by atoms with van der Waals surface area (Å²) < 4.78 is 0. The first-order valence-electron chi connectivity index (χ1n) is 8.48. The van der Waals surface area contributed by atoms with Crippen LogP contribution < -0.4 is 11.1 Å². The molecule has 1 fully saturated rings. The second-order valence-corrected chi connectivity index (χ2v) is 6.30. The maximum atomic E-state index is 11.9. The van der Waals surface area contributed by atoms with Gasteiger partial charge in [-0.1, -0.05) is 37.5 Å². The average molecular weight is 303 g/mol. The van der Waals surface area contributed by atoms with Gasteiger partial charge >= 0.3 is 0 Å². The van der Waals surface area contributed by atoms with E-state index in [1.165, 1.54) is 37.7 Å². The van der Waals surface area contributed by atoms with Crippen LogP contribution in [0.1, 0.15) is 50.5 Å². The minimum absolute atomic E-state index is 0.0539. The first-order chi connectivity index (χ1) is 10.7. The number of hydrogen-bond donors (Lipinski definition) is 2. The van der Waals surface area contributed by atoms with E-state index in [-0.39, 0.29) is 5.91 Å². The number of carbonyl (C=O) groups is 1. The summed E-state index contributed by atoms with van der Waals surface area (Å²) in [5.74, 6) is 0.0539. The monoisotopic (exact) mass is 303 g/mol. The van der Waals surface area contributed by atoms with Crippen LogP contribution in [0.3, 0.4) is 0 Å². The third-order valence-corrected chi connectivity index (χ3v) is 4.52. The van der Waals surface area contributed by atoms with E-state index < -0.39 is 0 Å². The molecule has 1 aliphatic rings. The number of rotatable bonds is 7. The number of carbonyl (C=O) groups excluding carboxylic acids is 1. The van der Waals surface area contributed by atoms with Crippen molar-refractivity contribution in [3.05, 3.63) is 29.8 Å². The molecule has 0 bridgehead atoms. The quantitative estimate of drug-likeness (QED) is 0.813. The number of benzene rings is 1. The van der Waals surface area contributed by atoms with Crippen molar-refractivity contribution in [1.82, 2.24) is 4.90 Å². The SMILES string of the molecule is CN(Cc1ccccc1NC(=O)CCCN)C1CCCCC1. The highest BCUT2D eigenvalue weighted by molar-refractivity contribution is 5.91. The molecule has 0 aliphatic heterocycles. The van der Waals surface area contributed by atoms with Gasteiger partial charge in [0.05, 0.1) is 0 Å². The van der Waals surface area contributed by atoms with Crippen LogP contribution in [0, 0.1) is 0 Å². The molecular weight excluding hydrogens is 274 g/mol. The zero-order chi connectivity index (χ0) is 15.8. The predicted molar refractivity (Wildman–Crippen MR) is 91.7 cm³/mol. The summed E-state index contributed by atoms with van der Waals surface area (Å²) in [4.78, 5) is 14.4. The minimum atomic E-state index is 0.0539. The molecule has 0 radical (unpaired) electrons. The zero-order valence-corrected chi connectivity index (χ0v) is 13.7. The summed E-state index contributed by atoms with van der Waals surface area (Å²) >= 11 is 0. The molecule has 0 aromatic heterocycles. The van der Waals surface area contributed by atoms with Gasteiger partial charge in [0.2, 0.25) is 5.91 Å². The maximum absolute atomic E-state index is 11.9. The topological polar surface area (TPSA) is 58.4 Å². The molecule has 1 aromatic carbocycles. The summed E-state index contributed by atoms with van der Waals surface area (Å²) in [5.41, 5.74) is 7.59. The molecule has 4 nitrogen and oxygen atoms in total. The van der Waals surface area contributed by atoms with Crippen LogP contribution in [0.5, 0.6) is 0 Å². The van der Waals surface area contributed by atoms with E-state index in [0.717, 1.165) is 18.7 Å². The number of nitrogens with zero attached hydrogens (tertiary/aromatic N) is 1. The number of amides is 1. The lowest BCUT2D eigenvalue weighted by Crippen LogP contribution is -2.33. The molecular formula is C18H29N3O. The average Bonchev–Trinajstić information content (AvgIpc) is 2.55. The fourth-order valence-electron chi connectivity index (χ4n) is 3.18. The van der Waals surface area contributed by atoms with Crippen LogP contribution in [0.2, 0.25) is 0 Å². The summed E-state index contributed by atoms with van der Waals surface area (Å²) in [6, 6.07) is 8.79. The zero-order valence-electron chi connectivity index (χ0n) is 13.7. The fraction of sp³-hybridized carbons (Fsp3) is 0.611.